The minimum atomic E-state index is -3.48. The van der Waals surface area contributed by atoms with Crippen molar-refractivity contribution in [2.75, 3.05) is 0 Å². The molecule has 0 aliphatic carbocycles. The summed E-state index contributed by atoms with van der Waals surface area (Å²) < 4.78 is 38.2. The van der Waals surface area contributed by atoms with Gasteiger partial charge in [-0.05, 0) is 5.92 Å². The molecule has 0 aromatic heterocycles. The number of halogens is 4. The van der Waals surface area contributed by atoms with Gasteiger partial charge >= 0.3 is 6.43 Å². The second-order valence-electron chi connectivity index (χ2n) is 3.93. The van der Waals surface area contributed by atoms with Crippen molar-refractivity contribution in [3.05, 3.63) is 22.0 Å². The zero-order chi connectivity index (χ0) is 14.2. The second kappa shape index (κ2) is 5.06. The molecule has 1 rings (SSSR count). The van der Waals surface area contributed by atoms with Crippen molar-refractivity contribution in [1.82, 2.24) is 0 Å². The number of aromatic hydroxyl groups is 2. The molecule has 0 radical (unpaired) electrons. The number of phenolic OH excluding ortho intramolecular Hbond substituents is 2. The van der Waals surface area contributed by atoms with Crippen LogP contribution in [0.25, 0.3) is 0 Å². The molecule has 1 aromatic carbocycles. The first-order valence-electron chi connectivity index (χ1n) is 4.95. The zero-order valence-corrected chi connectivity index (χ0v) is 10.2. The largest absolute Gasteiger partial charge is 0.507 e. The van der Waals surface area contributed by atoms with Crippen LogP contribution in [0.1, 0.15) is 35.7 Å². The van der Waals surface area contributed by atoms with Crippen LogP contribution in [0.4, 0.5) is 13.2 Å². The number of rotatable bonds is 3. The monoisotopic (exact) mass is 282 g/mol. The Hall–Kier alpha value is -1.43. The minimum Gasteiger partial charge on any atom is -0.507 e. The minimum absolute atomic E-state index is 0.245. The molecule has 18 heavy (non-hydrogen) atoms. The van der Waals surface area contributed by atoms with E-state index in [1.54, 1.807) is 0 Å². The van der Waals surface area contributed by atoms with Crippen molar-refractivity contribution < 1.29 is 28.2 Å². The van der Waals surface area contributed by atoms with Crippen molar-refractivity contribution in [3.8, 4) is 11.5 Å². The van der Waals surface area contributed by atoms with Crippen LogP contribution < -0.4 is 0 Å². The summed E-state index contributed by atoms with van der Waals surface area (Å²) >= 11 is 5.42. The molecule has 3 nitrogen and oxygen atoms in total. The van der Waals surface area contributed by atoms with Gasteiger partial charge in [0.1, 0.15) is 22.1 Å². The van der Waals surface area contributed by atoms with Crippen molar-refractivity contribution >= 4 is 17.4 Å². The summed E-state index contributed by atoms with van der Waals surface area (Å²) in [6, 6.07) is 0. The molecule has 0 spiro atoms. The Kier molecular flexibility index (Phi) is 4.11. The van der Waals surface area contributed by atoms with E-state index in [9.17, 15) is 28.2 Å². The smallest absolute Gasteiger partial charge is 0.300 e. The van der Waals surface area contributed by atoms with E-state index in [0.29, 0.717) is 0 Å². The number of carbonyl (C=O) groups excluding carboxylic acids is 1. The van der Waals surface area contributed by atoms with Gasteiger partial charge in [0, 0.05) is 5.56 Å². The fraction of sp³-hybridized carbons (Fsp3) is 0.364. The van der Waals surface area contributed by atoms with Gasteiger partial charge < -0.3 is 10.2 Å². The summed E-state index contributed by atoms with van der Waals surface area (Å²) in [7, 11) is 0. The highest BCUT2D eigenvalue weighted by Crippen LogP contribution is 2.44. The van der Waals surface area contributed by atoms with Crippen LogP contribution in [0.15, 0.2) is 0 Å². The maximum absolute atomic E-state index is 13.6. The maximum Gasteiger partial charge on any atom is 0.300 e. The molecule has 0 aliphatic heterocycles. The van der Waals surface area contributed by atoms with Crippen LogP contribution in [-0.2, 0) is 0 Å². The van der Waals surface area contributed by atoms with Gasteiger partial charge in [0.2, 0.25) is 5.78 Å². The predicted octanol–water partition coefficient (Wildman–Crippen LogP) is 3.46. The van der Waals surface area contributed by atoms with Crippen LogP contribution in [-0.4, -0.2) is 22.4 Å². The number of alkyl halides is 2. The predicted molar refractivity (Wildman–Crippen MR) is 59.2 cm³/mol. The fourth-order valence-corrected chi connectivity index (χ4v) is 1.76. The number of benzene rings is 1. The lowest BCUT2D eigenvalue weighted by molar-refractivity contribution is 0.0670. The Bertz CT molecular complexity index is 501. The molecule has 1 aromatic rings. The average molecular weight is 283 g/mol. The highest BCUT2D eigenvalue weighted by Gasteiger charge is 2.32. The van der Waals surface area contributed by atoms with Crippen molar-refractivity contribution in [2.45, 2.75) is 26.2 Å². The number of hydrogen-bond donors (Lipinski definition) is 2. The highest BCUT2D eigenvalue weighted by molar-refractivity contribution is 6.33. The van der Waals surface area contributed by atoms with Gasteiger partial charge in [0.05, 0.1) is 0 Å². The van der Waals surface area contributed by atoms with Gasteiger partial charge in [0.15, 0.2) is 5.82 Å². The summed E-state index contributed by atoms with van der Waals surface area (Å²) in [5, 5.41) is 18.3. The third-order valence-corrected chi connectivity index (χ3v) is 2.73. The number of carbonyl (C=O) groups is 1. The third-order valence-electron chi connectivity index (χ3n) is 2.39. The lowest BCUT2D eigenvalue weighted by Crippen LogP contribution is -2.14. The van der Waals surface area contributed by atoms with E-state index >= 15 is 0 Å². The Labute approximate surface area is 106 Å². The SMILES string of the molecule is CC(C)c1c(O)c(Cl)c(F)c(C(=O)C(F)F)c1O. The van der Waals surface area contributed by atoms with Crippen molar-refractivity contribution in [2.24, 2.45) is 0 Å². The fourth-order valence-electron chi connectivity index (χ4n) is 1.56. The molecule has 2 N–H and O–H groups in total. The second-order valence-corrected chi connectivity index (χ2v) is 4.31. The molecule has 0 unspecified atom stereocenters. The molecule has 0 amide bonds. The molecule has 0 aliphatic rings. The summed E-state index contributed by atoms with van der Waals surface area (Å²) in [6.45, 7) is 3.03. The molecule has 0 saturated heterocycles. The first-order chi connectivity index (χ1) is 8.20. The topological polar surface area (TPSA) is 57.5 Å². The standard InChI is InChI=1S/C11H10ClF3O3/c1-3(2)4-8(16)5(10(18)11(14)15)7(13)6(12)9(4)17/h3,11,16-17H,1-2H3. The lowest BCUT2D eigenvalue weighted by atomic mass is 9.95. The van der Waals surface area contributed by atoms with Gasteiger partial charge in [-0.1, -0.05) is 25.4 Å². The Morgan fingerprint density at radius 1 is 1.22 bits per heavy atom. The first-order valence-corrected chi connectivity index (χ1v) is 5.33. The van der Waals surface area contributed by atoms with Gasteiger partial charge in [-0.2, -0.15) is 0 Å². The number of Topliss-reactive ketones (excluding diaryl/α,β-unsaturated/α-hetero) is 1. The number of hydrogen-bond acceptors (Lipinski definition) is 3. The molecular weight excluding hydrogens is 273 g/mol. The highest BCUT2D eigenvalue weighted by atomic mass is 35.5. The number of phenols is 2. The van der Waals surface area contributed by atoms with Gasteiger partial charge in [-0.3, -0.25) is 4.79 Å². The van der Waals surface area contributed by atoms with Crippen molar-refractivity contribution in [1.29, 1.82) is 0 Å². The molecule has 0 atom stereocenters. The lowest BCUT2D eigenvalue weighted by Gasteiger charge is -2.16. The molecule has 100 valence electrons. The Morgan fingerprint density at radius 3 is 2.11 bits per heavy atom. The van der Waals surface area contributed by atoms with Crippen LogP contribution in [0.3, 0.4) is 0 Å². The summed E-state index contributed by atoms with van der Waals surface area (Å²) in [4.78, 5) is 11.1. The molecule has 0 fully saturated rings. The Morgan fingerprint density at radius 2 is 1.72 bits per heavy atom. The van der Waals surface area contributed by atoms with E-state index in [1.165, 1.54) is 13.8 Å². The van der Waals surface area contributed by atoms with E-state index in [1.807, 2.05) is 0 Å². The molecular formula is C11H10ClF3O3. The van der Waals surface area contributed by atoms with Crippen LogP contribution in [0.2, 0.25) is 5.02 Å². The van der Waals surface area contributed by atoms with Gasteiger partial charge in [-0.25, -0.2) is 13.2 Å². The summed E-state index contributed by atoms with van der Waals surface area (Å²) in [5.74, 6) is -5.73. The number of ketones is 1. The van der Waals surface area contributed by atoms with E-state index < -0.39 is 46.0 Å². The van der Waals surface area contributed by atoms with Gasteiger partial charge in [-0.15, -0.1) is 0 Å². The van der Waals surface area contributed by atoms with Crippen molar-refractivity contribution in [3.63, 3.8) is 0 Å². The van der Waals surface area contributed by atoms with E-state index in [-0.39, 0.29) is 5.56 Å². The first kappa shape index (κ1) is 14.6. The van der Waals surface area contributed by atoms with Crippen LogP contribution in [0, 0.1) is 5.82 Å². The summed E-state index contributed by atoms with van der Waals surface area (Å²) in [6.07, 6.45) is -3.48. The van der Waals surface area contributed by atoms with E-state index in [0.717, 1.165) is 0 Å². The van der Waals surface area contributed by atoms with E-state index in [4.69, 9.17) is 11.6 Å². The molecule has 0 saturated carbocycles. The molecule has 0 bridgehead atoms. The van der Waals surface area contributed by atoms with E-state index in [2.05, 4.69) is 0 Å². The maximum atomic E-state index is 13.6. The quantitative estimate of drug-likeness (QED) is 0.835. The van der Waals surface area contributed by atoms with Crippen LogP contribution in [0.5, 0.6) is 11.5 Å². The summed E-state index contributed by atoms with van der Waals surface area (Å²) in [5.41, 5.74) is -1.44. The Balaban J connectivity index is 3.68. The zero-order valence-electron chi connectivity index (χ0n) is 9.47. The van der Waals surface area contributed by atoms with Gasteiger partial charge in [0.25, 0.3) is 0 Å². The average Bonchev–Trinajstić information content (AvgIpc) is 2.25. The van der Waals surface area contributed by atoms with Crippen LogP contribution >= 0.6 is 11.6 Å². The normalized spacial score (nSPS) is 11.3. The third kappa shape index (κ3) is 2.25. The molecule has 7 heteroatoms. The molecule has 0 heterocycles.